The number of carbonyl (C=O) groups excluding carboxylic acids is 1. The zero-order chi connectivity index (χ0) is 14.7. The Hall–Kier alpha value is -2.21. The fourth-order valence-corrected chi connectivity index (χ4v) is 1.89. The van der Waals surface area contributed by atoms with Crippen molar-refractivity contribution in [2.24, 2.45) is 0 Å². The minimum absolute atomic E-state index is 0.0715. The van der Waals surface area contributed by atoms with Crippen molar-refractivity contribution in [1.82, 2.24) is 9.78 Å². The molecule has 1 aromatic heterocycles. The molecular weight excluding hydrogens is 280 g/mol. The number of carbonyl (C=O) groups is 1. The third kappa shape index (κ3) is 3.21. The van der Waals surface area contributed by atoms with Crippen LogP contribution in [0.3, 0.4) is 0 Å². The Balaban J connectivity index is 2.13. The van der Waals surface area contributed by atoms with Crippen LogP contribution in [0.15, 0.2) is 24.5 Å². The predicted molar refractivity (Wildman–Crippen MR) is 78.0 cm³/mol. The number of nitrogens with zero attached hydrogens (tertiary/aromatic N) is 2. The molecule has 20 heavy (non-hydrogen) atoms. The van der Waals surface area contributed by atoms with Crippen LogP contribution in [0.1, 0.15) is 5.56 Å². The summed E-state index contributed by atoms with van der Waals surface area (Å²) in [4.78, 5) is 12.0. The molecule has 7 heteroatoms. The maximum atomic E-state index is 12.0. The van der Waals surface area contributed by atoms with E-state index in [1.54, 1.807) is 18.3 Å². The predicted octanol–water partition coefficient (Wildman–Crippen LogP) is 2.07. The molecule has 2 rings (SSSR count). The summed E-state index contributed by atoms with van der Waals surface area (Å²) in [6.07, 6.45) is 3.07. The molecule has 0 fully saturated rings. The molecule has 0 spiro atoms. The summed E-state index contributed by atoms with van der Waals surface area (Å²) in [7, 11) is 1.52. The number of aromatic nitrogens is 2. The largest absolute Gasteiger partial charge is 0.495 e. The Labute approximate surface area is 121 Å². The monoisotopic (exact) mass is 294 g/mol. The van der Waals surface area contributed by atoms with Crippen LogP contribution in [0.25, 0.3) is 0 Å². The van der Waals surface area contributed by atoms with Gasteiger partial charge in [0.15, 0.2) is 0 Å². The lowest BCUT2D eigenvalue weighted by Gasteiger charge is -2.12. The van der Waals surface area contributed by atoms with Gasteiger partial charge in [-0.2, -0.15) is 5.10 Å². The normalized spacial score (nSPS) is 10.3. The van der Waals surface area contributed by atoms with Crippen molar-refractivity contribution in [2.75, 3.05) is 18.2 Å². The first-order valence-electron chi connectivity index (χ1n) is 5.91. The minimum atomic E-state index is -0.229. The fourth-order valence-electron chi connectivity index (χ4n) is 1.73. The second-order valence-corrected chi connectivity index (χ2v) is 4.73. The molecule has 6 nitrogen and oxygen atoms in total. The van der Waals surface area contributed by atoms with Gasteiger partial charge in [0.2, 0.25) is 5.91 Å². The highest BCUT2D eigenvalue weighted by Crippen LogP contribution is 2.30. The highest BCUT2D eigenvalue weighted by atomic mass is 35.5. The Kier molecular flexibility index (Phi) is 4.14. The van der Waals surface area contributed by atoms with E-state index in [4.69, 9.17) is 22.1 Å². The third-order valence-corrected chi connectivity index (χ3v) is 3.12. The topological polar surface area (TPSA) is 82.2 Å². The average molecular weight is 295 g/mol. The molecule has 1 amide bonds. The maximum absolute atomic E-state index is 12.0. The lowest BCUT2D eigenvalue weighted by molar-refractivity contribution is -0.116. The molecule has 0 radical (unpaired) electrons. The van der Waals surface area contributed by atoms with Crippen molar-refractivity contribution in [3.63, 3.8) is 0 Å². The Morgan fingerprint density at radius 2 is 2.30 bits per heavy atom. The molecular formula is C13H15ClN4O2. The first-order valence-corrected chi connectivity index (χ1v) is 6.29. The summed E-state index contributed by atoms with van der Waals surface area (Å²) in [5, 5.41) is 7.30. The van der Waals surface area contributed by atoms with Gasteiger partial charge in [-0.05, 0) is 18.6 Å². The lowest BCUT2D eigenvalue weighted by atomic mass is 10.2. The van der Waals surface area contributed by atoms with Crippen molar-refractivity contribution in [3.05, 3.63) is 35.1 Å². The third-order valence-electron chi connectivity index (χ3n) is 2.71. The first kappa shape index (κ1) is 14.2. The Morgan fingerprint density at radius 3 is 2.90 bits per heavy atom. The number of amides is 1. The molecule has 0 bridgehead atoms. The number of nitrogens with one attached hydrogen (secondary N) is 1. The van der Waals surface area contributed by atoms with E-state index in [0.717, 1.165) is 5.56 Å². The van der Waals surface area contributed by atoms with Crippen molar-refractivity contribution >= 4 is 28.9 Å². The smallest absolute Gasteiger partial charge is 0.246 e. The van der Waals surface area contributed by atoms with Crippen LogP contribution in [0.2, 0.25) is 5.02 Å². The van der Waals surface area contributed by atoms with Crippen molar-refractivity contribution < 1.29 is 9.53 Å². The molecule has 106 valence electrons. The zero-order valence-corrected chi connectivity index (χ0v) is 11.9. The van der Waals surface area contributed by atoms with Crippen LogP contribution in [0.4, 0.5) is 11.4 Å². The van der Waals surface area contributed by atoms with Crippen LogP contribution in [0, 0.1) is 6.92 Å². The molecule has 3 N–H and O–H groups in total. The Morgan fingerprint density at radius 1 is 1.55 bits per heavy atom. The van der Waals surface area contributed by atoms with E-state index in [1.165, 1.54) is 18.0 Å². The van der Waals surface area contributed by atoms with Crippen LogP contribution < -0.4 is 15.8 Å². The fraction of sp³-hybridized carbons (Fsp3) is 0.231. The van der Waals surface area contributed by atoms with Gasteiger partial charge in [-0.25, -0.2) is 0 Å². The Bertz CT molecular complexity index is 639. The van der Waals surface area contributed by atoms with Gasteiger partial charge in [0, 0.05) is 17.3 Å². The van der Waals surface area contributed by atoms with Gasteiger partial charge in [0.05, 0.1) is 24.7 Å². The summed E-state index contributed by atoms with van der Waals surface area (Å²) < 4.78 is 6.65. The number of nitrogens with two attached hydrogens (primary N) is 1. The number of hydrogen-bond donors (Lipinski definition) is 2. The molecule has 0 saturated heterocycles. The summed E-state index contributed by atoms with van der Waals surface area (Å²) in [5.74, 6) is 0.280. The second-order valence-electron chi connectivity index (χ2n) is 4.32. The number of aryl methyl sites for hydroxylation is 1. The summed E-state index contributed by atoms with van der Waals surface area (Å²) in [5.41, 5.74) is 7.47. The quantitative estimate of drug-likeness (QED) is 0.904. The van der Waals surface area contributed by atoms with E-state index in [2.05, 4.69) is 10.4 Å². The lowest BCUT2D eigenvalue weighted by Crippen LogP contribution is -2.19. The highest BCUT2D eigenvalue weighted by Gasteiger charge is 2.11. The van der Waals surface area contributed by atoms with Crippen molar-refractivity contribution in [2.45, 2.75) is 13.5 Å². The second kappa shape index (κ2) is 5.83. The number of halogens is 1. The van der Waals surface area contributed by atoms with Crippen LogP contribution >= 0.6 is 11.6 Å². The minimum Gasteiger partial charge on any atom is -0.495 e. The maximum Gasteiger partial charge on any atom is 0.246 e. The van der Waals surface area contributed by atoms with Gasteiger partial charge < -0.3 is 15.8 Å². The number of rotatable bonds is 4. The molecule has 0 aliphatic heterocycles. The number of hydrogen-bond acceptors (Lipinski definition) is 4. The molecule has 1 heterocycles. The van der Waals surface area contributed by atoms with Crippen LogP contribution in [-0.4, -0.2) is 22.8 Å². The molecule has 0 saturated carbocycles. The standard InChI is InChI=1S/C13H15ClN4O2/c1-8-3-11(12(20-2)4-10(8)14)17-13(19)7-18-6-9(15)5-16-18/h3-6H,7,15H2,1-2H3,(H,17,19). The molecule has 0 aliphatic rings. The van der Waals surface area contributed by atoms with Gasteiger partial charge in [-0.1, -0.05) is 11.6 Å². The molecule has 0 unspecified atom stereocenters. The van der Waals surface area contributed by atoms with Gasteiger partial charge in [-0.15, -0.1) is 0 Å². The zero-order valence-electron chi connectivity index (χ0n) is 11.2. The van der Waals surface area contributed by atoms with Crippen LogP contribution in [0.5, 0.6) is 5.75 Å². The van der Waals surface area contributed by atoms with E-state index >= 15 is 0 Å². The van der Waals surface area contributed by atoms with E-state index in [1.807, 2.05) is 6.92 Å². The first-order chi connectivity index (χ1) is 9.49. The summed E-state index contributed by atoms with van der Waals surface area (Å²) in [6, 6.07) is 3.43. The number of methoxy groups -OCH3 is 1. The highest BCUT2D eigenvalue weighted by molar-refractivity contribution is 6.31. The van der Waals surface area contributed by atoms with Gasteiger partial charge in [0.25, 0.3) is 0 Å². The van der Waals surface area contributed by atoms with Crippen LogP contribution in [-0.2, 0) is 11.3 Å². The van der Waals surface area contributed by atoms with Crippen molar-refractivity contribution in [1.29, 1.82) is 0 Å². The number of ether oxygens (including phenoxy) is 1. The molecule has 0 atom stereocenters. The SMILES string of the molecule is COc1cc(Cl)c(C)cc1NC(=O)Cn1cc(N)cn1. The molecule has 2 aromatic rings. The van der Waals surface area contributed by atoms with E-state index in [0.29, 0.717) is 22.1 Å². The van der Waals surface area contributed by atoms with Crippen molar-refractivity contribution in [3.8, 4) is 5.75 Å². The number of anilines is 2. The van der Waals surface area contributed by atoms with E-state index < -0.39 is 0 Å². The van der Waals surface area contributed by atoms with Gasteiger partial charge in [0.1, 0.15) is 12.3 Å². The molecule has 0 aliphatic carbocycles. The summed E-state index contributed by atoms with van der Waals surface area (Å²) >= 11 is 6.01. The number of nitrogen functional groups attached to an aromatic ring is 1. The molecule has 1 aromatic carbocycles. The van der Waals surface area contributed by atoms with Gasteiger partial charge in [-0.3, -0.25) is 9.48 Å². The van der Waals surface area contributed by atoms with E-state index in [9.17, 15) is 4.79 Å². The number of benzene rings is 1. The van der Waals surface area contributed by atoms with E-state index in [-0.39, 0.29) is 12.5 Å². The van der Waals surface area contributed by atoms with Gasteiger partial charge >= 0.3 is 0 Å². The summed E-state index contributed by atoms with van der Waals surface area (Å²) in [6.45, 7) is 1.92. The average Bonchev–Trinajstić information content (AvgIpc) is 2.78.